The second-order valence-corrected chi connectivity index (χ2v) is 4.50. The number of rotatable bonds is 0. The molecule has 0 heterocycles. The quantitative estimate of drug-likeness (QED) is 0.539. The van der Waals surface area contributed by atoms with Gasteiger partial charge in [-0.25, -0.2) is 0 Å². The van der Waals surface area contributed by atoms with E-state index < -0.39 is 0 Å². The molecule has 0 rings (SSSR count). The fourth-order valence-electron chi connectivity index (χ4n) is 0. The second-order valence-electron chi connectivity index (χ2n) is 4.50. The molecule has 0 saturated carbocycles. The molecule has 0 aliphatic heterocycles. The molecule has 66 valence electrons. The largest absolute Gasteiger partial charge is 0.147 e. The van der Waals surface area contributed by atoms with E-state index >= 15 is 0 Å². The molecule has 0 unspecified atom stereocenters. The predicted molar refractivity (Wildman–Crippen MR) is 53.4 cm³/mol. The van der Waals surface area contributed by atoms with Gasteiger partial charge in [-0.05, 0) is 10.8 Å². The molecule has 0 fully saturated rings. The third-order valence-corrected chi connectivity index (χ3v) is 2.25. The van der Waals surface area contributed by atoms with Crippen LogP contribution in [0.15, 0.2) is 0 Å². The Bertz CT molecular complexity index is 62.2. The Labute approximate surface area is 77.6 Å². The summed E-state index contributed by atoms with van der Waals surface area (Å²) in [6.45, 7) is 13.6. The summed E-state index contributed by atoms with van der Waals surface area (Å²) in [5, 5.41) is 0. The Morgan fingerprint density at radius 1 is 0.500 bits per heavy atom. The topological polar surface area (TPSA) is 0 Å². The number of hydrogen-bond donors (Lipinski definition) is 0. The highest BCUT2D eigenvalue weighted by molar-refractivity contribution is 5.85. The molecule has 0 N–H and O–H groups in total. The normalized spacial score (nSPS) is 11.4. The molecule has 0 nitrogen and oxygen atoms in total. The third-order valence-electron chi connectivity index (χ3n) is 2.25. The van der Waals surface area contributed by atoms with Gasteiger partial charge in [-0.2, -0.15) is 0 Å². The predicted octanol–water partition coefficient (Wildman–Crippen LogP) is 3.92. The lowest BCUT2D eigenvalue weighted by molar-refractivity contribution is 0.157. The molecule has 0 aliphatic rings. The first-order valence-electron chi connectivity index (χ1n) is 3.25. The molecular formula is C8H20Cl2. The van der Waals surface area contributed by atoms with E-state index in [-0.39, 0.29) is 24.8 Å². The van der Waals surface area contributed by atoms with Gasteiger partial charge >= 0.3 is 0 Å². The van der Waals surface area contributed by atoms with E-state index in [0.717, 1.165) is 0 Å². The molecule has 0 aliphatic carbocycles. The summed E-state index contributed by atoms with van der Waals surface area (Å²) in [5.41, 5.74) is 0.875. The molecule has 0 spiro atoms. The average Bonchev–Trinajstić information content (AvgIpc) is 1.25. The van der Waals surface area contributed by atoms with Crippen molar-refractivity contribution in [2.24, 2.45) is 10.8 Å². The number of halogens is 2. The van der Waals surface area contributed by atoms with Gasteiger partial charge in [0.1, 0.15) is 0 Å². The van der Waals surface area contributed by atoms with E-state index in [2.05, 4.69) is 41.5 Å². The van der Waals surface area contributed by atoms with Crippen molar-refractivity contribution in [3.05, 3.63) is 0 Å². The van der Waals surface area contributed by atoms with Gasteiger partial charge in [-0.1, -0.05) is 41.5 Å². The van der Waals surface area contributed by atoms with Gasteiger partial charge in [-0.3, -0.25) is 0 Å². The lowest BCUT2D eigenvalue weighted by Gasteiger charge is -2.34. The average molecular weight is 187 g/mol. The van der Waals surface area contributed by atoms with Crippen molar-refractivity contribution in [2.75, 3.05) is 0 Å². The van der Waals surface area contributed by atoms with E-state index in [9.17, 15) is 0 Å². The lowest BCUT2D eigenvalue weighted by atomic mass is 9.71. The molecule has 0 aromatic carbocycles. The van der Waals surface area contributed by atoms with Gasteiger partial charge in [0.25, 0.3) is 0 Å². The molecule has 10 heavy (non-hydrogen) atoms. The standard InChI is InChI=1S/C8H18.2ClH/c1-7(2,3)8(4,5)6;;/h1-6H3;2*1H. The van der Waals surface area contributed by atoms with Gasteiger partial charge < -0.3 is 0 Å². The van der Waals surface area contributed by atoms with E-state index in [0.29, 0.717) is 10.8 Å². The van der Waals surface area contributed by atoms with Crippen LogP contribution in [-0.4, -0.2) is 0 Å². The summed E-state index contributed by atoms with van der Waals surface area (Å²) in [6, 6.07) is 0. The van der Waals surface area contributed by atoms with Crippen LogP contribution in [0.4, 0.5) is 0 Å². The fraction of sp³-hybridized carbons (Fsp3) is 1.00. The van der Waals surface area contributed by atoms with Crippen molar-refractivity contribution in [3.63, 3.8) is 0 Å². The van der Waals surface area contributed by atoms with Gasteiger partial charge in [0.15, 0.2) is 0 Å². The summed E-state index contributed by atoms with van der Waals surface area (Å²) in [5.74, 6) is 0. The van der Waals surface area contributed by atoms with Crippen LogP contribution in [0, 0.1) is 10.8 Å². The van der Waals surface area contributed by atoms with E-state index in [1.54, 1.807) is 0 Å². The minimum atomic E-state index is 0. The van der Waals surface area contributed by atoms with Gasteiger partial charge in [0.05, 0.1) is 0 Å². The van der Waals surface area contributed by atoms with Crippen LogP contribution >= 0.6 is 24.8 Å². The minimum absolute atomic E-state index is 0. The number of hydrogen-bond acceptors (Lipinski definition) is 0. The maximum Gasteiger partial charge on any atom is -0.0334 e. The Balaban J connectivity index is -0.000000245. The fourth-order valence-corrected chi connectivity index (χ4v) is 0. The lowest BCUT2D eigenvalue weighted by Crippen LogP contribution is -2.25. The molecule has 0 bridgehead atoms. The van der Waals surface area contributed by atoms with E-state index in [4.69, 9.17) is 0 Å². The smallest absolute Gasteiger partial charge is 0.0334 e. The molecule has 0 saturated heterocycles. The first-order valence-corrected chi connectivity index (χ1v) is 3.25. The maximum atomic E-state index is 2.27. The van der Waals surface area contributed by atoms with Crippen LogP contribution in [0.1, 0.15) is 41.5 Å². The van der Waals surface area contributed by atoms with Crippen molar-refractivity contribution < 1.29 is 0 Å². The Hall–Kier alpha value is 0.580. The monoisotopic (exact) mass is 186 g/mol. The summed E-state index contributed by atoms with van der Waals surface area (Å²) in [6.07, 6.45) is 0. The van der Waals surface area contributed by atoms with Gasteiger partial charge in [0, 0.05) is 0 Å². The zero-order chi connectivity index (χ0) is 7.00. The molecule has 0 amide bonds. The summed E-state index contributed by atoms with van der Waals surface area (Å²) in [4.78, 5) is 0. The van der Waals surface area contributed by atoms with Gasteiger partial charge in [-0.15, -0.1) is 24.8 Å². The summed E-state index contributed by atoms with van der Waals surface area (Å²) >= 11 is 0. The molecule has 0 aromatic heterocycles. The zero-order valence-corrected chi connectivity index (χ0v) is 9.45. The molecule has 0 atom stereocenters. The highest BCUT2D eigenvalue weighted by Crippen LogP contribution is 2.36. The van der Waals surface area contributed by atoms with Gasteiger partial charge in [0.2, 0.25) is 0 Å². The maximum absolute atomic E-state index is 2.27. The highest BCUT2D eigenvalue weighted by atomic mass is 35.5. The molecule has 0 radical (unpaired) electrons. The van der Waals surface area contributed by atoms with Crippen LogP contribution in [0.2, 0.25) is 0 Å². The summed E-state index contributed by atoms with van der Waals surface area (Å²) in [7, 11) is 0. The third kappa shape index (κ3) is 5.37. The van der Waals surface area contributed by atoms with E-state index in [1.807, 2.05) is 0 Å². The first kappa shape index (κ1) is 16.9. The Kier molecular flexibility index (Phi) is 7.53. The van der Waals surface area contributed by atoms with Crippen LogP contribution < -0.4 is 0 Å². The first-order chi connectivity index (χ1) is 3.25. The van der Waals surface area contributed by atoms with Crippen LogP contribution in [-0.2, 0) is 0 Å². The second kappa shape index (κ2) is 4.46. The van der Waals surface area contributed by atoms with Crippen molar-refractivity contribution in [3.8, 4) is 0 Å². The van der Waals surface area contributed by atoms with Crippen LogP contribution in [0.5, 0.6) is 0 Å². The van der Waals surface area contributed by atoms with Crippen molar-refractivity contribution >= 4 is 24.8 Å². The molecular weight excluding hydrogens is 167 g/mol. The molecule has 2 heteroatoms. The summed E-state index contributed by atoms with van der Waals surface area (Å²) < 4.78 is 0. The zero-order valence-electron chi connectivity index (χ0n) is 7.82. The van der Waals surface area contributed by atoms with Crippen LogP contribution in [0.25, 0.3) is 0 Å². The van der Waals surface area contributed by atoms with E-state index in [1.165, 1.54) is 0 Å². The van der Waals surface area contributed by atoms with Crippen molar-refractivity contribution in [1.82, 2.24) is 0 Å². The Morgan fingerprint density at radius 2 is 0.600 bits per heavy atom. The highest BCUT2D eigenvalue weighted by Gasteiger charge is 2.26. The Morgan fingerprint density at radius 3 is 0.600 bits per heavy atom. The van der Waals surface area contributed by atoms with Crippen molar-refractivity contribution in [2.45, 2.75) is 41.5 Å². The SMILES string of the molecule is CC(C)(C)C(C)(C)C.Cl.Cl. The minimum Gasteiger partial charge on any atom is -0.147 e. The van der Waals surface area contributed by atoms with Crippen molar-refractivity contribution in [1.29, 1.82) is 0 Å². The molecule has 0 aromatic rings. The van der Waals surface area contributed by atoms with Crippen LogP contribution in [0.3, 0.4) is 0 Å².